The van der Waals surface area contributed by atoms with Crippen molar-refractivity contribution in [1.29, 1.82) is 0 Å². The lowest BCUT2D eigenvalue weighted by atomic mass is 10.0. The predicted octanol–water partition coefficient (Wildman–Crippen LogP) is 2.81. The molecule has 0 saturated heterocycles. The van der Waals surface area contributed by atoms with Crippen LogP contribution in [0, 0.1) is 0 Å². The van der Waals surface area contributed by atoms with Gasteiger partial charge in [0.2, 0.25) is 0 Å². The Morgan fingerprint density at radius 1 is 1.36 bits per heavy atom. The van der Waals surface area contributed by atoms with E-state index in [0.29, 0.717) is 10.8 Å². The number of rotatable bonds is 3. The van der Waals surface area contributed by atoms with Crippen molar-refractivity contribution in [2.45, 2.75) is 19.4 Å². The maximum atomic E-state index is 11.1. The summed E-state index contributed by atoms with van der Waals surface area (Å²) < 4.78 is 1.72. The van der Waals surface area contributed by atoms with Gasteiger partial charge in [-0.1, -0.05) is 23.7 Å². The second-order valence-corrected chi connectivity index (χ2v) is 5.44. The van der Waals surface area contributed by atoms with Gasteiger partial charge in [-0.15, -0.1) is 10.2 Å². The first-order valence-electron chi connectivity index (χ1n) is 6.68. The molecule has 0 bridgehead atoms. The fourth-order valence-corrected chi connectivity index (χ4v) is 2.51. The van der Waals surface area contributed by atoms with Gasteiger partial charge in [0.05, 0.1) is 12.1 Å². The van der Waals surface area contributed by atoms with Crippen molar-refractivity contribution >= 4 is 29.5 Å². The van der Waals surface area contributed by atoms with Crippen LogP contribution in [0.15, 0.2) is 41.2 Å². The Hall–Kier alpha value is -2.47. The van der Waals surface area contributed by atoms with Crippen LogP contribution in [0.2, 0.25) is 5.02 Å². The number of aliphatic carboxylic acids is 1. The average Bonchev–Trinajstić information content (AvgIpc) is 2.87. The number of aliphatic imine (C=N–C) groups is 1. The molecule has 1 N–H and O–H groups in total. The quantitative estimate of drug-likeness (QED) is 0.944. The second-order valence-electron chi connectivity index (χ2n) is 5.01. The molecule has 22 heavy (non-hydrogen) atoms. The lowest BCUT2D eigenvalue weighted by molar-refractivity contribution is -0.137. The molecule has 1 atom stereocenters. The molecular formula is C15H13ClN4O2. The summed E-state index contributed by atoms with van der Waals surface area (Å²) in [5.74, 6) is -0.413. The van der Waals surface area contributed by atoms with Gasteiger partial charge in [0.1, 0.15) is 12.4 Å². The number of carboxylic acids is 1. The van der Waals surface area contributed by atoms with Crippen LogP contribution >= 0.6 is 11.6 Å². The van der Waals surface area contributed by atoms with Crippen molar-refractivity contribution < 1.29 is 9.90 Å². The molecule has 1 unspecified atom stereocenters. The molecule has 2 aromatic rings. The monoisotopic (exact) mass is 316 g/mol. The number of fused-ring (bicyclic) bond motifs is 1. The smallest absolute Gasteiger partial charge is 0.306 e. The second kappa shape index (κ2) is 5.73. The minimum absolute atomic E-state index is 0.142. The first-order chi connectivity index (χ1) is 10.5. The number of allylic oxidation sites excluding steroid dienone is 1. The van der Waals surface area contributed by atoms with Crippen LogP contribution in [0.25, 0.3) is 6.20 Å². The largest absolute Gasteiger partial charge is 0.481 e. The molecule has 2 heterocycles. The molecule has 7 heteroatoms. The minimum atomic E-state index is -0.932. The molecule has 1 aromatic carbocycles. The van der Waals surface area contributed by atoms with E-state index in [0.717, 1.165) is 16.8 Å². The zero-order valence-corrected chi connectivity index (χ0v) is 12.5. The van der Waals surface area contributed by atoms with Crippen LogP contribution in [-0.4, -0.2) is 31.6 Å². The van der Waals surface area contributed by atoms with Crippen molar-refractivity contribution in [3.8, 4) is 0 Å². The summed E-state index contributed by atoms with van der Waals surface area (Å²) in [4.78, 5) is 15.7. The summed E-state index contributed by atoms with van der Waals surface area (Å²) in [6, 6.07) is 6.71. The van der Waals surface area contributed by atoms with Gasteiger partial charge in [0.25, 0.3) is 0 Å². The van der Waals surface area contributed by atoms with Crippen LogP contribution in [0.3, 0.4) is 0 Å². The Labute approximate surface area is 131 Å². The highest BCUT2D eigenvalue weighted by Crippen LogP contribution is 2.26. The summed E-state index contributed by atoms with van der Waals surface area (Å²) in [5, 5.41) is 17.6. The van der Waals surface area contributed by atoms with Gasteiger partial charge in [-0.2, -0.15) is 0 Å². The maximum Gasteiger partial charge on any atom is 0.306 e. The summed E-state index contributed by atoms with van der Waals surface area (Å²) in [7, 11) is 0. The van der Waals surface area contributed by atoms with Crippen LogP contribution in [-0.2, 0) is 4.79 Å². The molecule has 3 rings (SSSR count). The Morgan fingerprint density at radius 2 is 2.09 bits per heavy atom. The molecule has 0 amide bonds. The van der Waals surface area contributed by atoms with Gasteiger partial charge >= 0.3 is 5.97 Å². The van der Waals surface area contributed by atoms with E-state index in [4.69, 9.17) is 16.7 Å². The average molecular weight is 317 g/mol. The van der Waals surface area contributed by atoms with E-state index < -0.39 is 12.0 Å². The summed E-state index contributed by atoms with van der Waals surface area (Å²) in [5.41, 5.74) is 2.51. The maximum absolute atomic E-state index is 11.1. The van der Waals surface area contributed by atoms with E-state index in [9.17, 15) is 4.79 Å². The summed E-state index contributed by atoms with van der Waals surface area (Å²) in [6.07, 6.45) is 3.26. The number of hydrogen-bond donors (Lipinski definition) is 1. The number of benzene rings is 1. The summed E-state index contributed by atoms with van der Waals surface area (Å²) in [6.45, 7) is 1.92. The zero-order chi connectivity index (χ0) is 15.7. The molecule has 0 aliphatic carbocycles. The molecule has 0 spiro atoms. The molecule has 112 valence electrons. The van der Waals surface area contributed by atoms with Gasteiger partial charge < -0.3 is 5.11 Å². The van der Waals surface area contributed by atoms with Crippen molar-refractivity contribution in [3.63, 3.8) is 0 Å². The van der Waals surface area contributed by atoms with E-state index in [-0.39, 0.29) is 6.42 Å². The summed E-state index contributed by atoms with van der Waals surface area (Å²) >= 11 is 5.92. The van der Waals surface area contributed by atoms with Gasteiger partial charge in [0.15, 0.2) is 5.82 Å². The molecule has 0 saturated carbocycles. The third-order valence-electron chi connectivity index (χ3n) is 3.38. The van der Waals surface area contributed by atoms with Gasteiger partial charge in [-0.25, -0.2) is 0 Å². The first-order valence-corrected chi connectivity index (χ1v) is 7.06. The van der Waals surface area contributed by atoms with E-state index in [1.807, 2.05) is 25.3 Å². The Bertz CT molecular complexity index is 777. The highest BCUT2D eigenvalue weighted by molar-refractivity contribution is 6.30. The molecule has 6 nitrogen and oxygen atoms in total. The number of carbonyl (C=O) groups is 1. The van der Waals surface area contributed by atoms with Crippen molar-refractivity contribution in [2.24, 2.45) is 4.99 Å². The van der Waals surface area contributed by atoms with Crippen molar-refractivity contribution in [3.05, 3.63) is 52.6 Å². The number of nitrogens with zero attached hydrogens (tertiary/aromatic N) is 4. The lowest BCUT2D eigenvalue weighted by Crippen LogP contribution is -2.10. The van der Waals surface area contributed by atoms with Gasteiger partial charge in [-0.3, -0.25) is 14.4 Å². The van der Waals surface area contributed by atoms with E-state index >= 15 is 0 Å². The highest BCUT2D eigenvalue weighted by atomic mass is 35.5. The SMILES string of the molecule is CC1=Cn2cnnc2C(CC(=O)O)N=C1c1ccc(Cl)cc1. The molecule has 1 aliphatic rings. The van der Waals surface area contributed by atoms with E-state index in [1.165, 1.54) is 0 Å². The molecule has 1 aromatic heterocycles. The van der Waals surface area contributed by atoms with Crippen molar-refractivity contribution in [1.82, 2.24) is 14.8 Å². The van der Waals surface area contributed by atoms with Crippen LogP contribution in [0.5, 0.6) is 0 Å². The predicted molar refractivity (Wildman–Crippen MR) is 83.0 cm³/mol. The van der Waals surface area contributed by atoms with E-state index in [1.54, 1.807) is 23.0 Å². The first kappa shape index (κ1) is 14.5. The highest BCUT2D eigenvalue weighted by Gasteiger charge is 2.24. The third-order valence-corrected chi connectivity index (χ3v) is 3.63. The van der Waals surface area contributed by atoms with Crippen molar-refractivity contribution in [2.75, 3.05) is 0 Å². The molecule has 1 aliphatic heterocycles. The van der Waals surface area contributed by atoms with Crippen LogP contribution in [0.1, 0.15) is 30.8 Å². The molecular weight excluding hydrogens is 304 g/mol. The van der Waals surface area contributed by atoms with Crippen LogP contribution < -0.4 is 0 Å². The zero-order valence-electron chi connectivity index (χ0n) is 11.8. The van der Waals surface area contributed by atoms with Gasteiger partial charge in [0, 0.05) is 16.8 Å². The minimum Gasteiger partial charge on any atom is -0.481 e. The Balaban J connectivity index is 2.10. The Morgan fingerprint density at radius 3 is 2.77 bits per heavy atom. The number of carboxylic acid groups (broad SMARTS) is 1. The topological polar surface area (TPSA) is 80.4 Å². The van der Waals surface area contributed by atoms with Crippen LogP contribution in [0.4, 0.5) is 0 Å². The fourth-order valence-electron chi connectivity index (χ4n) is 2.39. The fraction of sp³-hybridized carbons (Fsp3) is 0.200. The van der Waals surface area contributed by atoms with E-state index in [2.05, 4.69) is 15.2 Å². The van der Waals surface area contributed by atoms with Gasteiger partial charge in [-0.05, 0) is 24.6 Å². The third kappa shape index (κ3) is 2.78. The Kier molecular flexibility index (Phi) is 3.77. The number of hydrogen-bond acceptors (Lipinski definition) is 4. The molecule has 0 fully saturated rings. The normalized spacial score (nSPS) is 17.3. The number of halogens is 1. The molecule has 0 radical (unpaired) electrons. The standard InChI is InChI=1S/C15H13ClN4O2/c1-9-7-20-8-17-19-15(20)12(6-13(21)22)18-14(9)10-2-4-11(16)5-3-10/h2-5,7-8,12H,6H2,1H3,(H,21,22). The lowest BCUT2D eigenvalue weighted by Gasteiger charge is -2.10. The number of aromatic nitrogens is 3.